The molecule has 0 radical (unpaired) electrons. The maximum Gasteiger partial charge on any atom is 0.314 e. The molecule has 1 aromatic carbocycles. The van der Waals surface area contributed by atoms with E-state index in [1.807, 2.05) is 18.2 Å². The van der Waals surface area contributed by atoms with E-state index < -0.39 is 11.4 Å². The van der Waals surface area contributed by atoms with Gasteiger partial charge >= 0.3 is 5.97 Å². The highest BCUT2D eigenvalue weighted by atomic mass is 16.4. The first-order valence-corrected chi connectivity index (χ1v) is 6.44. The van der Waals surface area contributed by atoms with Crippen molar-refractivity contribution in [2.45, 2.75) is 44.9 Å². The van der Waals surface area contributed by atoms with Gasteiger partial charge in [0.05, 0.1) is 5.41 Å². The lowest BCUT2D eigenvalue weighted by Gasteiger charge is -2.32. The Hall–Kier alpha value is -1.31. The summed E-state index contributed by atoms with van der Waals surface area (Å²) in [6.45, 7) is 4.20. The van der Waals surface area contributed by atoms with Gasteiger partial charge in [0.15, 0.2) is 0 Å². The Kier molecular flexibility index (Phi) is 3.23. The molecule has 0 fully saturated rings. The number of carbonyl (C=O) groups is 1. The second-order valence-electron chi connectivity index (χ2n) is 5.12. The van der Waals surface area contributed by atoms with E-state index in [0.717, 1.165) is 31.2 Å². The van der Waals surface area contributed by atoms with E-state index in [1.54, 1.807) is 0 Å². The summed E-state index contributed by atoms with van der Waals surface area (Å²) in [4.78, 5) is 11.8. The van der Waals surface area contributed by atoms with Crippen LogP contribution in [0.25, 0.3) is 0 Å². The standard InChI is InChI=1S/C15H20O2/c1-3-6-11(2)15(14(16)17)10-9-12-7-4-5-8-13(12)15/h4-5,7-8,11H,3,6,9-10H2,1-2H3,(H,16,17). The van der Waals surface area contributed by atoms with Crippen molar-refractivity contribution in [3.63, 3.8) is 0 Å². The van der Waals surface area contributed by atoms with Gasteiger partial charge in [0.2, 0.25) is 0 Å². The topological polar surface area (TPSA) is 37.3 Å². The molecular weight excluding hydrogens is 212 g/mol. The third kappa shape index (κ3) is 1.76. The third-order valence-electron chi connectivity index (χ3n) is 4.23. The van der Waals surface area contributed by atoms with E-state index >= 15 is 0 Å². The van der Waals surface area contributed by atoms with Crippen LogP contribution in [0.3, 0.4) is 0 Å². The zero-order valence-electron chi connectivity index (χ0n) is 10.6. The molecule has 0 saturated heterocycles. The van der Waals surface area contributed by atoms with Crippen molar-refractivity contribution in [2.24, 2.45) is 5.92 Å². The summed E-state index contributed by atoms with van der Waals surface area (Å²) >= 11 is 0. The quantitative estimate of drug-likeness (QED) is 0.864. The van der Waals surface area contributed by atoms with Crippen LogP contribution in [0.15, 0.2) is 24.3 Å². The molecule has 1 aliphatic carbocycles. The predicted octanol–water partition coefficient (Wildman–Crippen LogP) is 3.39. The van der Waals surface area contributed by atoms with Gasteiger partial charge in [-0.2, -0.15) is 0 Å². The summed E-state index contributed by atoms with van der Waals surface area (Å²) < 4.78 is 0. The van der Waals surface area contributed by atoms with E-state index in [0.29, 0.717) is 0 Å². The van der Waals surface area contributed by atoms with Gasteiger partial charge in [0.25, 0.3) is 0 Å². The first-order valence-electron chi connectivity index (χ1n) is 6.44. The van der Waals surface area contributed by atoms with E-state index in [9.17, 15) is 9.90 Å². The normalized spacial score (nSPS) is 24.4. The van der Waals surface area contributed by atoms with Crippen LogP contribution in [0, 0.1) is 5.92 Å². The SMILES string of the molecule is CCCC(C)C1(C(=O)O)CCc2ccccc21. The van der Waals surface area contributed by atoms with Gasteiger partial charge < -0.3 is 5.11 Å². The predicted molar refractivity (Wildman–Crippen MR) is 68.1 cm³/mol. The molecule has 1 N–H and O–H groups in total. The lowest BCUT2D eigenvalue weighted by atomic mass is 9.70. The molecule has 0 heterocycles. The molecule has 1 aliphatic rings. The van der Waals surface area contributed by atoms with Gasteiger partial charge in [-0.05, 0) is 36.3 Å². The molecule has 92 valence electrons. The molecule has 2 heteroatoms. The van der Waals surface area contributed by atoms with E-state index in [2.05, 4.69) is 19.9 Å². The highest BCUT2D eigenvalue weighted by Gasteiger charge is 2.48. The molecule has 1 aromatic rings. The first kappa shape index (κ1) is 12.2. The minimum absolute atomic E-state index is 0.202. The summed E-state index contributed by atoms with van der Waals surface area (Å²) in [5, 5.41) is 9.71. The number of aliphatic carboxylic acids is 1. The number of hydrogen-bond acceptors (Lipinski definition) is 1. The molecule has 0 amide bonds. The molecule has 17 heavy (non-hydrogen) atoms. The smallest absolute Gasteiger partial charge is 0.314 e. The molecule has 2 nitrogen and oxygen atoms in total. The summed E-state index contributed by atoms with van der Waals surface area (Å²) in [5.41, 5.74) is 1.62. The van der Waals surface area contributed by atoms with Crippen molar-refractivity contribution in [3.05, 3.63) is 35.4 Å². The monoisotopic (exact) mass is 232 g/mol. The number of benzene rings is 1. The summed E-state index contributed by atoms with van der Waals surface area (Å²) in [6, 6.07) is 8.03. The van der Waals surface area contributed by atoms with Gasteiger partial charge in [0, 0.05) is 0 Å². The Labute approximate surface area is 103 Å². The first-order chi connectivity index (χ1) is 8.13. The lowest BCUT2D eigenvalue weighted by molar-refractivity contribution is -0.146. The van der Waals surface area contributed by atoms with Gasteiger partial charge in [-0.15, -0.1) is 0 Å². The van der Waals surface area contributed by atoms with Crippen LogP contribution < -0.4 is 0 Å². The molecule has 0 aliphatic heterocycles. The number of aryl methyl sites for hydroxylation is 1. The second-order valence-corrected chi connectivity index (χ2v) is 5.12. The largest absolute Gasteiger partial charge is 0.481 e. The molecule has 0 bridgehead atoms. The maximum absolute atomic E-state index is 11.8. The summed E-state index contributed by atoms with van der Waals surface area (Å²) in [7, 11) is 0. The van der Waals surface area contributed by atoms with E-state index in [-0.39, 0.29) is 5.92 Å². The maximum atomic E-state index is 11.8. The zero-order chi connectivity index (χ0) is 12.5. The van der Waals surface area contributed by atoms with Crippen LogP contribution >= 0.6 is 0 Å². The molecule has 2 atom stereocenters. The fourth-order valence-corrected chi connectivity index (χ4v) is 3.26. The fourth-order valence-electron chi connectivity index (χ4n) is 3.26. The average Bonchev–Trinajstić information content (AvgIpc) is 2.69. The van der Waals surface area contributed by atoms with Crippen LogP contribution in [0.5, 0.6) is 0 Å². The van der Waals surface area contributed by atoms with Gasteiger partial charge in [0.1, 0.15) is 0 Å². The van der Waals surface area contributed by atoms with Crippen LogP contribution in [0.4, 0.5) is 0 Å². The number of rotatable bonds is 4. The Morgan fingerprint density at radius 2 is 2.18 bits per heavy atom. The minimum Gasteiger partial charge on any atom is -0.481 e. The molecule has 2 rings (SSSR count). The van der Waals surface area contributed by atoms with Crippen LogP contribution in [0.1, 0.15) is 44.2 Å². The van der Waals surface area contributed by atoms with Crippen molar-refractivity contribution < 1.29 is 9.90 Å². The average molecular weight is 232 g/mol. The number of hydrogen-bond donors (Lipinski definition) is 1. The van der Waals surface area contributed by atoms with Crippen molar-refractivity contribution in [3.8, 4) is 0 Å². The molecule has 0 spiro atoms. The Balaban J connectivity index is 2.48. The van der Waals surface area contributed by atoms with Crippen LogP contribution in [-0.4, -0.2) is 11.1 Å². The Bertz CT molecular complexity index is 425. The van der Waals surface area contributed by atoms with Crippen LogP contribution in [-0.2, 0) is 16.6 Å². The number of carboxylic acids is 1. The Morgan fingerprint density at radius 1 is 1.47 bits per heavy atom. The van der Waals surface area contributed by atoms with Gasteiger partial charge in [-0.3, -0.25) is 4.79 Å². The molecule has 2 unspecified atom stereocenters. The van der Waals surface area contributed by atoms with Crippen molar-refractivity contribution in [1.82, 2.24) is 0 Å². The van der Waals surface area contributed by atoms with Crippen molar-refractivity contribution >= 4 is 5.97 Å². The summed E-state index contributed by atoms with van der Waals surface area (Å²) in [6.07, 6.45) is 3.67. The summed E-state index contributed by atoms with van der Waals surface area (Å²) in [5.74, 6) is -0.447. The number of fused-ring (bicyclic) bond motifs is 1. The minimum atomic E-state index is -0.650. The molecule has 0 aromatic heterocycles. The fraction of sp³-hybridized carbons (Fsp3) is 0.533. The van der Waals surface area contributed by atoms with Gasteiger partial charge in [-0.25, -0.2) is 0 Å². The molecule has 0 saturated carbocycles. The number of carboxylic acid groups (broad SMARTS) is 1. The van der Waals surface area contributed by atoms with Crippen LogP contribution in [0.2, 0.25) is 0 Å². The van der Waals surface area contributed by atoms with Crippen molar-refractivity contribution in [1.29, 1.82) is 0 Å². The van der Waals surface area contributed by atoms with E-state index in [4.69, 9.17) is 0 Å². The van der Waals surface area contributed by atoms with E-state index in [1.165, 1.54) is 5.56 Å². The highest BCUT2D eigenvalue weighted by Crippen LogP contribution is 2.46. The lowest BCUT2D eigenvalue weighted by Crippen LogP contribution is -2.40. The Morgan fingerprint density at radius 3 is 2.82 bits per heavy atom. The van der Waals surface area contributed by atoms with Gasteiger partial charge in [-0.1, -0.05) is 44.5 Å². The van der Waals surface area contributed by atoms with Crippen molar-refractivity contribution in [2.75, 3.05) is 0 Å². The second kappa shape index (κ2) is 4.52. The third-order valence-corrected chi connectivity index (χ3v) is 4.23. The zero-order valence-corrected chi connectivity index (χ0v) is 10.6. The molecular formula is C15H20O2. The highest BCUT2D eigenvalue weighted by molar-refractivity contribution is 5.83.